The highest BCUT2D eigenvalue weighted by molar-refractivity contribution is 7.89. The molecule has 0 radical (unpaired) electrons. The minimum atomic E-state index is -3.58. The van der Waals surface area contributed by atoms with Gasteiger partial charge in [-0.25, -0.2) is 13.2 Å². The lowest BCUT2D eigenvalue weighted by atomic mass is 9.83. The van der Waals surface area contributed by atoms with Crippen LogP contribution in [0.15, 0.2) is 53.7 Å². The number of pyridine rings is 1. The molecule has 4 rings (SSSR count). The van der Waals surface area contributed by atoms with E-state index in [9.17, 15) is 13.2 Å². The molecule has 2 aromatic rings. The minimum Gasteiger partial charge on any atom is -0.334 e. The first-order valence-corrected chi connectivity index (χ1v) is 14.1. The number of urea groups is 1. The molecule has 1 aromatic carbocycles. The summed E-state index contributed by atoms with van der Waals surface area (Å²) < 4.78 is 27.9. The van der Waals surface area contributed by atoms with Crippen LogP contribution in [0.5, 0.6) is 0 Å². The van der Waals surface area contributed by atoms with Gasteiger partial charge in [-0.1, -0.05) is 6.07 Å². The van der Waals surface area contributed by atoms with E-state index in [1.54, 1.807) is 47.0 Å². The predicted molar refractivity (Wildman–Crippen MR) is 138 cm³/mol. The Morgan fingerprint density at radius 1 is 1.09 bits per heavy atom. The van der Waals surface area contributed by atoms with Crippen molar-refractivity contribution in [3.8, 4) is 0 Å². The Labute approximate surface area is 213 Å². The first-order chi connectivity index (χ1) is 16.8. The Bertz CT molecular complexity index is 1070. The van der Waals surface area contributed by atoms with E-state index in [1.165, 1.54) is 0 Å². The standard InChI is InChI=1S/C25H34ClN5O3S/c1-19(21-4-6-22(26)7-5-21)30-13-15-31(16-14-30)35(33,34)24-10-8-23(9-11-24)29-25(32)28-18-20-3-2-12-27-17-20/h2-3,8-12,17,19,21-22H,4-7,13-16,18H2,1H3,(H2,28,29,32). The Morgan fingerprint density at radius 3 is 2.40 bits per heavy atom. The molecule has 1 saturated heterocycles. The third kappa shape index (κ3) is 6.73. The fourth-order valence-corrected chi connectivity index (χ4v) is 6.60. The molecule has 1 aliphatic carbocycles. The van der Waals surface area contributed by atoms with E-state index in [2.05, 4.69) is 27.4 Å². The van der Waals surface area contributed by atoms with Crippen LogP contribution >= 0.6 is 11.6 Å². The zero-order chi connectivity index (χ0) is 24.8. The molecule has 1 aliphatic heterocycles. The number of alkyl halides is 1. The summed E-state index contributed by atoms with van der Waals surface area (Å²) in [6, 6.07) is 10.1. The molecule has 0 spiro atoms. The molecule has 10 heteroatoms. The van der Waals surface area contributed by atoms with Gasteiger partial charge in [-0.15, -0.1) is 11.6 Å². The zero-order valence-electron chi connectivity index (χ0n) is 20.1. The van der Waals surface area contributed by atoms with E-state index in [-0.39, 0.29) is 10.9 Å². The number of hydrogen-bond donors (Lipinski definition) is 2. The number of sulfonamides is 1. The molecule has 35 heavy (non-hydrogen) atoms. The molecular weight excluding hydrogens is 486 g/mol. The molecular formula is C25H34ClN5O3S. The van der Waals surface area contributed by atoms with Gasteiger partial charge in [0.2, 0.25) is 10.0 Å². The third-order valence-corrected chi connectivity index (χ3v) is 9.51. The molecule has 1 saturated carbocycles. The van der Waals surface area contributed by atoms with Gasteiger partial charge in [0, 0.05) is 62.2 Å². The fraction of sp³-hybridized carbons (Fsp3) is 0.520. The topological polar surface area (TPSA) is 94.6 Å². The Hall–Kier alpha value is -2.20. The maximum atomic E-state index is 13.2. The number of halogens is 1. The second kappa shape index (κ2) is 11.7. The van der Waals surface area contributed by atoms with Crippen LogP contribution in [0, 0.1) is 5.92 Å². The predicted octanol–water partition coefficient (Wildman–Crippen LogP) is 3.90. The zero-order valence-corrected chi connectivity index (χ0v) is 21.6. The summed E-state index contributed by atoms with van der Waals surface area (Å²) in [5.41, 5.74) is 1.42. The average Bonchev–Trinajstić information content (AvgIpc) is 2.88. The first kappa shape index (κ1) is 25.9. The molecule has 1 aromatic heterocycles. The van der Waals surface area contributed by atoms with Crippen LogP contribution < -0.4 is 10.6 Å². The normalized spacial score (nSPS) is 22.9. The summed E-state index contributed by atoms with van der Waals surface area (Å²) in [7, 11) is -3.58. The highest BCUT2D eigenvalue weighted by Crippen LogP contribution is 2.32. The average molecular weight is 520 g/mol. The monoisotopic (exact) mass is 519 g/mol. The maximum absolute atomic E-state index is 13.2. The number of rotatable bonds is 7. The number of carbonyl (C=O) groups is 1. The van der Waals surface area contributed by atoms with Crippen LogP contribution in [-0.4, -0.2) is 66.2 Å². The van der Waals surface area contributed by atoms with E-state index in [4.69, 9.17) is 11.6 Å². The van der Waals surface area contributed by atoms with Crippen molar-refractivity contribution in [2.45, 2.75) is 55.5 Å². The molecule has 2 amide bonds. The number of benzene rings is 1. The number of nitrogens with one attached hydrogen (secondary N) is 2. The molecule has 1 unspecified atom stereocenters. The Balaban J connectivity index is 1.27. The van der Waals surface area contributed by atoms with Gasteiger partial charge in [0.15, 0.2) is 0 Å². The lowest BCUT2D eigenvalue weighted by Gasteiger charge is -2.41. The summed E-state index contributed by atoms with van der Waals surface area (Å²) in [4.78, 5) is 18.8. The number of hydrogen-bond acceptors (Lipinski definition) is 5. The Kier molecular flexibility index (Phi) is 8.64. The van der Waals surface area contributed by atoms with Crippen molar-refractivity contribution in [3.05, 3.63) is 54.4 Å². The lowest BCUT2D eigenvalue weighted by molar-refractivity contribution is 0.0939. The Morgan fingerprint density at radius 2 is 1.77 bits per heavy atom. The van der Waals surface area contributed by atoms with Gasteiger partial charge in [-0.05, 0) is 74.4 Å². The van der Waals surface area contributed by atoms with Gasteiger partial charge in [0.1, 0.15) is 0 Å². The highest BCUT2D eigenvalue weighted by atomic mass is 35.5. The number of aromatic nitrogens is 1. The third-order valence-electron chi connectivity index (χ3n) is 7.16. The van der Waals surface area contributed by atoms with Gasteiger partial charge in [-0.3, -0.25) is 9.88 Å². The van der Waals surface area contributed by atoms with Gasteiger partial charge in [0.05, 0.1) is 4.90 Å². The van der Waals surface area contributed by atoms with Crippen LogP contribution in [0.4, 0.5) is 10.5 Å². The second-order valence-corrected chi connectivity index (χ2v) is 11.9. The molecule has 8 nitrogen and oxygen atoms in total. The van der Waals surface area contributed by atoms with E-state index in [1.807, 2.05) is 6.07 Å². The van der Waals surface area contributed by atoms with E-state index >= 15 is 0 Å². The van der Waals surface area contributed by atoms with Crippen LogP contribution in [-0.2, 0) is 16.6 Å². The van der Waals surface area contributed by atoms with Gasteiger partial charge >= 0.3 is 6.03 Å². The molecule has 190 valence electrons. The first-order valence-electron chi connectivity index (χ1n) is 12.2. The number of carbonyl (C=O) groups excluding carboxylic acids is 1. The van der Waals surface area contributed by atoms with E-state index < -0.39 is 10.0 Å². The molecule has 1 atom stereocenters. The van der Waals surface area contributed by atoms with Crippen LogP contribution in [0.3, 0.4) is 0 Å². The molecule has 2 fully saturated rings. The van der Waals surface area contributed by atoms with E-state index in [0.717, 1.165) is 44.3 Å². The van der Waals surface area contributed by atoms with Crippen molar-refractivity contribution in [1.82, 2.24) is 19.5 Å². The van der Waals surface area contributed by atoms with Crippen LogP contribution in [0.25, 0.3) is 0 Å². The van der Waals surface area contributed by atoms with Gasteiger partial charge < -0.3 is 10.6 Å². The van der Waals surface area contributed by atoms with Gasteiger partial charge in [-0.2, -0.15) is 4.31 Å². The van der Waals surface area contributed by atoms with Crippen molar-refractivity contribution < 1.29 is 13.2 Å². The van der Waals surface area contributed by atoms with Crippen LogP contribution in [0.1, 0.15) is 38.2 Å². The largest absolute Gasteiger partial charge is 0.334 e. The fourth-order valence-electron chi connectivity index (χ4n) is 4.93. The van der Waals surface area contributed by atoms with Crippen molar-refractivity contribution in [2.24, 2.45) is 5.92 Å². The van der Waals surface area contributed by atoms with Crippen molar-refractivity contribution in [1.29, 1.82) is 0 Å². The van der Waals surface area contributed by atoms with Crippen molar-refractivity contribution in [2.75, 3.05) is 31.5 Å². The minimum absolute atomic E-state index is 0.237. The maximum Gasteiger partial charge on any atom is 0.319 e. The van der Waals surface area contributed by atoms with Gasteiger partial charge in [0.25, 0.3) is 0 Å². The quantitative estimate of drug-likeness (QED) is 0.541. The molecule has 0 bridgehead atoms. The SMILES string of the molecule is CC(C1CCC(Cl)CC1)N1CCN(S(=O)(=O)c2ccc(NC(=O)NCc3cccnc3)cc2)CC1. The number of piperazine rings is 1. The second-order valence-electron chi connectivity index (χ2n) is 9.39. The summed E-state index contributed by atoms with van der Waals surface area (Å²) in [6.07, 6.45) is 7.80. The molecule has 2 aliphatic rings. The molecule has 2 N–H and O–H groups in total. The number of anilines is 1. The van der Waals surface area contributed by atoms with Crippen LogP contribution in [0.2, 0.25) is 0 Å². The number of amides is 2. The van der Waals surface area contributed by atoms with Crippen molar-refractivity contribution in [3.63, 3.8) is 0 Å². The number of nitrogens with zero attached hydrogens (tertiary/aromatic N) is 3. The summed E-state index contributed by atoms with van der Waals surface area (Å²) in [5, 5.41) is 5.79. The lowest BCUT2D eigenvalue weighted by Crippen LogP contribution is -2.53. The summed E-state index contributed by atoms with van der Waals surface area (Å²) >= 11 is 6.26. The van der Waals surface area contributed by atoms with Crippen molar-refractivity contribution >= 4 is 33.3 Å². The smallest absolute Gasteiger partial charge is 0.319 e. The highest BCUT2D eigenvalue weighted by Gasteiger charge is 2.33. The summed E-state index contributed by atoms with van der Waals surface area (Å²) in [6.45, 7) is 5.05. The molecule has 2 heterocycles. The van der Waals surface area contributed by atoms with E-state index in [0.29, 0.717) is 42.7 Å². The summed E-state index contributed by atoms with van der Waals surface area (Å²) in [5.74, 6) is 0.634.